The molecule has 0 bridgehead atoms. The van der Waals surface area contributed by atoms with Crippen molar-refractivity contribution in [1.29, 1.82) is 0 Å². The molecule has 3 N–H and O–H groups in total. The van der Waals surface area contributed by atoms with Crippen molar-refractivity contribution in [2.24, 2.45) is 0 Å². The molecule has 1 aliphatic carbocycles. The van der Waals surface area contributed by atoms with Crippen molar-refractivity contribution in [3.8, 4) is 0 Å². The summed E-state index contributed by atoms with van der Waals surface area (Å²) in [5, 5.41) is 12.7. The molecule has 0 unspecified atom stereocenters. The zero-order valence-electron chi connectivity index (χ0n) is 9.32. The fraction of sp³-hybridized carbons (Fsp3) is 0.538. The molecular weight excluding hydrogens is 222 g/mol. The summed E-state index contributed by atoms with van der Waals surface area (Å²) in [7, 11) is 0. The van der Waals surface area contributed by atoms with Crippen LogP contribution in [0.15, 0.2) is 24.3 Å². The van der Waals surface area contributed by atoms with Crippen LogP contribution in [0.5, 0.6) is 0 Å². The molecule has 1 aromatic rings. The minimum Gasteiger partial charge on any atom is -1.00 e. The Kier molecular flexibility index (Phi) is 3.24. The van der Waals surface area contributed by atoms with Gasteiger partial charge in [-0.15, -0.1) is 0 Å². The summed E-state index contributed by atoms with van der Waals surface area (Å²) in [6.07, 6.45) is 2.97. The van der Waals surface area contributed by atoms with Crippen molar-refractivity contribution in [3.05, 3.63) is 35.4 Å². The number of hydrogen-bond donors (Lipinski definition) is 2. The van der Waals surface area contributed by atoms with Gasteiger partial charge in [0.1, 0.15) is 0 Å². The van der Waals surface area contributed by atoms with E-state index >= 15 is 0 Å². The second kappa shape index (κ2) is 4.36. The van der Waals surface area contributed by atoms with Crippen LogP contribution in [0, 0.1) is 0 Å². The van der Waals surface area contributed by atoms with Gasteiger partial charge in [0.05, 0.1) is 19.2 Å². The van der Waals surface area contributed by atoms with E-state index in [0.29, 0.717) is 0 Å². The van der Waals surface area contributed by atoms with Crippen LogP contribution < -0.4 is 17.7 Å². The van der Waals surface area contributed by atoms with Crippen LogP contribution in [0.3, 0.4) is 0 Å². The number of aliphatic hydroxyl groups is 1. The Bertz CT molecular complexity index is 374. The van der Waals surface area contributed by atoms with E-state index in [1.54, 1.807) is 0 Å². The van der Waals surface area contributed by atoms with Crippen molar-refractivity contribution in [2.75, 3.05) is 13.1 Å². The van der Waals surface area contributed by atoms with Gasteiger partial charge >= 0.3 is 0 Å². The molecule has 2 aliphatic rings. The first-order chi connectivity index (χ1) is 7.33. The summed E-state index contributed by atoms with van der Waals surface area (Å²) in [5.74, 6) is 0. The highest BCUT2D eigenvalue weighted by Crippen LogP contribution is 2.44. The molecule has 1 saturated heterocycles. The molecule has 1 aromatic carbocycles. The van der Waals surface area contributed by atoms with Crippen LogP contribution in [-0.4, -0.2) is 24.3 Å². The normalized spacial score (nSPS) is 26.2. The summed E-state index contributed by atoms with van der Waals surface area (Å²) in [6.45, 7) is 2.32. The van der Waals surface area contributed by atoms with Gasteiger partial charge in [-0.25, -0.2) is 0 Å². The number of quaternary nitrogens is 1. The van der Waals surface area contributed by atoms with Crippen LogP contribution in [0.1, 0.15) is 24.0 Å². The van der Waals surface area contributed by atoms with Gasteiger partial charge in [-0.1, -0.05) is 24.3 Å². The highest BCUT2D eigenvalue weighted by molar-refractivity contribution is 5.41. The van der Waals surface area contributed by atoms with Crippen LogP contribution in [0.2, 0.25) is 0 Å². The molecule has 16 heavy (non-hydrogen) atoms. The highest BCUT2D eigenvalue weighted by atomic mass is 35.5. The average Bonchev–Trinajstić information content (AvgIpc) is 2.55. The van der Waals surface area contributed by atoms with E-state index in [-0.39, 0.29) is 23.9 Å². The fourth-order valence-corrected chi connectivity index (χ4v) is 3.36. The van der Waals surface area contributed by atoms with Crippen molar-refractivity contribution >= 4 is 0 Å². The Labute approximate surface area is 102 Å². The van der Waals surface area contributed by atoms with Gasteiger partial charge in [-0.05, 0) is 17.5 Å². The maximum atomic E-state index is 10.3. The number of nitrogens with two attached hydrogens (primary N) is 1. The topological polar surface area (TPSA) is 36.8 Å². The Morgan fingerprint density at radius 1 is 1.19 bits per heavy atom. The van der Waals surface area contributed by atoms with Crippen molar-refractivity contribution < 1.29 is 22.8 Å². The number of aliphatic hydroxyl groups excluding tert-OH is 1. The zero-order chi connectivity index (χ0) is 10.3. The Morgan fingerprint density at radius 2 is 1.88 bits per heavy atom. The van der Waals surface area contributed by atoms with Crippen LogP contribution in [-0.2, 0) is 11.8 Å². The highest BCUT2D eigenvalue weighted by Gasteiger charge is 2.47. The van der Waals surface area contributed by atoms with Crippen molar-refractivity contribution in [1.82, 2.24) is 0 Å². The van der Waals surface area contributed by atoms with E-state index in [1.807, 2.05) is 0 Å². The second-order valence-corrected chi connectivity index (χ2v) is 4.90. The Hall–Kier alpha value is -0.570. The number of halogens is 1. The molecule has 1 atom stereocenters. The summed E-state index contributed by atoms with van der Waals surface area (Å²) >= 11 is 0. The van der Waals surface area contributed by atoms with Gasteiger partial charge in [0.25, 0.3) is 0 Å². The lowest BCUT2D eigenvalue weighted by Gasteiger charge is -2.36. The van der Waals surface area contributed by atoms with Gasteiger partial charge < -0.3 is 22.8 Å². The summed E-state index contributed by atoms with van der Waals surface area (Å²) in [5.41, 5.74) is 2.88. The van der Waals surface area contributed by atoms with Gasteiger partial charge in [0.15, 0.2) is 0 Å². The number of fused-ring (bicyclic) bond motifs is 2. The minimum atomic E-state index is -0.149. The molecule has 0 saturated carbocycles. The van der Waals surface area contributed by atoms with Crippen LogP contribution >= 0.6 is 0 Å². The van der Waals surface area contributed by atoms with Gasteiger partial charge in [0.2, 0.25) is 0 Å². The maximum Gasteiger partial charge on any atom is 0.0765 e. The zero-order valence-corrected chi connectivity index (χ0v) is 10.1. The molecule has 0 aromatic heterocycles. The third-order valence-electron chi connectivity index (χ3n) is 4.19. The largest absolute Gasteiger partial charge is 1.00 e. The molecular formula is C13H18ClNO. The molecule has 1 heterocycles. The van der Waals surface area contributed by atoms with Crippen LogP contribution in [0.4, 0.5) is 0 Å². The Morgan fingerprint density at radius 3 is 2.62 bits per heavy atom. The first kappa shape index (κ1) is 11.9. The van der Waals surface area contributed by atoms with E-state index in [1.165, 1.54) is 11.1 Å². The molecule has 88 valence electrons. The smallest absolute Gasteiger partial charge is 0.0765 e. The fourth-order valence-electron chi connectivity index (χ4n) is 3.36. The van der Waals surface area contributed by atoms with E-state index in [9.17, 15) is 5.11 Å². The molecule has 3 rings (SSSR count). The average molecular weight is 240 g/mol. The number of benzene rings is 1. The number of piperidine rings is 1. The summed E-state index contributed by atoms with van der Waals surface area (Å²) in [4.78, 5) is 0. The first-order valence-electron chi connectivity index (χ1n) is 5.91. The molecule has 3 heteroatoms. The second-order valence-electron chi connectivity index (χ2n) is 4.90. The first-order valence-corrected chi connectivity index (χ1v) is 5.91. The Balaban J connectivity index is 0.000000963. The van der Waals surface area contributed by atoms with Crippen LogP contribution in [0.25, 0.3) is 0 Å². The molecule has 1 fully saturated rings. The molecule has 1 aliphatic heterocycles. The predicted octanol–water partition coefficient (Wildman–Crippen LogP) is -2.80. The van der Waals surface area contributed by atoms with Gasteiger partial charge in [-0.3, -0.25) is 0 Å². The summed E-state index contributed by atoms with van der Waals surface area (Å²) < 4.78 is 0. The van der Waals surface area contributed by atoms with Gasteiger partial charge in [0, 0.05) is 18.3 Å². The van der Waals surface area contributed by atoms with E-state index in [0.717, 1.165) is 32.4 Å². The number of rotatable bonds is 0. The summed E-state index contributed by atoms with van der Waals surface area (Å²) in [6, 6.07) is 8.58. The number of hydrogen-bond acceptors (Lipinski definition) is 1. The standard InChI is InChI=1S/C13H17NO.ClH/c15-12-9-10-3-1-2-4-11(10)13(12)5-7-14-8-6-13;/h1-4,12,14-15H,5-9H2;1H/t12-;/m0./s1. The molecule has 0 radical (unpaired) electrons. The minimum absolute atomic E-state index is 0. The third kappa shape index (κ3) is 1.56. The van der Waals surface area contributed by atoms with Crippen molar-refractivity contribution in [3.63, 3.8) is 0 Å². The van der Waals surface area contributed by atoms with E-state index in [2.05, 4.69) is 29.6 Å². The van der Waals surface area contributed by atoms with Gasteiger partial charge in [-0.2, -0.15) is 0 Å². The molecule has 1 spiro atoms. The van der Waals surface area contributed by atoms with E-state index < -0.39 is 0 Å². The quantitative estimate of drug-likeness (QED) is 0.505. The molecule has 2 nitrogen and oxygen atoms in total. The van der Waals surface area contributed by atoms with E-state index in [4.69, 9.17) is 0 Å². The predicted molar refractivity (Wildman–Crippen MR) is 58.7 cm³/mol. The SMILES string of the molecule is O[C@H]1Cc2ccccc2C12CC[NH2+]CC2.[Cl-]. The third-order valence-corrected chi connectivity index (χ3v) is 4.19. The lowest BCUT2D eigenvalue weighted by atomic mass is 9.73. The lowest BCUT2D eigenvalue weighted by Crippen LogP contribution is -3.00. The maximum absolute atomic E-state index is 10.3. The monoisotopic (exact) mass is 239 g/mol. The molecule has 0 amide bonds. The lowest BCUT2D eigenvalue weighted by molar-refractivity contribution is -0.666. The van der Waals surface area contributed by atoms with Crippen molar-refractivity contribution in [2.45, 2.75) is 30.8 Å².